The van der Waals surface area contributed by atoms with E-state index in [9.17, 15) is 14.9 Å². The maximum Gasteiger partial charge on any atom is 0.294 e. The summed E-state index contributed by atoms with van der Waals surface area (Å²) in [6, 6.07) is 2.59. The van der Waals surface area contributed by atoms with Gasteiger partial charge in [0.2, 0.25) is 0 Å². The van der Waals surface area contributed by atoms with Crippen molar-refractivity contribution in [2.24, 2.45) is 5.92 Å². The SMILES string of the molecule is CC1CCCN(C(=O)c2cc(Cl)c(N)c([N+](=O)[O-])c2)C1. The molecule has 20 heavy (non-hydrogen) atoms. The number of carbonyl (C=O) groups is 1. The maximum absolute atomic E-state index is 12.4. The van der Waals surface area contributed by atoms with Crippen LogP contribution < -0.4 is 5.73 Å². The first kappa shape index (κ1) is 14.6. The van der Waals surface area contributed by atoms with E-state index in [0.717, 1.165) is 12.8 Å². The number of nitro groups is 1. The third kappa shape index (κ3) is 2.85. The number of nitrogens with two attached hydrogens (primary N) is 1. The van der Waals surface area contributed by atoms with Gasteiger partial charge in [-0.1, -0.05) is 18.5 Å². The van der Waals surface area contributed by atoms with Crippen LogP contribution in [0.15, 0.2) is 12.1 Å². The first-order valence-electron chi connectivity index (χ1n) is 6.43. The number of nitrogen functional groups attached to an aromatic ring is 1. The van der Waals surface area contributed by atoms with E-state index in [-0.39, 0.29) is 27.9 Å². The van der Waals surface area contributed by atoms with Crippen LogP contribution in [0.4, 0.5) is 11.4 Å². The highest BCUT2D eigenvalue weighted by Crippen LogP contribution is 2.31. The van der Waals surface area contributed by atoms with Gasteiger partial charge in [-0.3, -0.25) is 14.9 Å². The molecule has 1 heterocycles. The van der Waals surface area contributed by atoms with Gasteiger partial charge >= 0.3 is 0 Å². The Hall–Kier alpha value is -1.82. The zero-order chi connectivity index (χ0) is 14.9. The second kappa shape index (κ2) is 5.66. The Morgan fingerprint density at radius 1 is 1.55 bits per heavy atom. The highest BCUT2D eigenvalue weighted by atomic mass is 35.5. The molecular formula is C13H16ClN3O3. The van der Waals surface area contributed by atoms with E-state index in [1.165, 1.54) is 12.1 Å². The molecule has 1 atom stereocenters. The number of piperidine rings is 1. The van der Waals surface area contributed by atoms with Gasteiger partial charge in [-0.15, -0.1) is 0 Å². The molecule has 1 aliphatic rings. The predicted molar refractivity (Wildman–Crippen MR) is 76.8 cm³/mol. The van der Waals surface area contributed by atoms with Crippen molar-refractivity contribution in [3.8, 4) is 0 Å². The molecule has 6 nitrogen and oxygen atoms in total. The van der Waals surface area contributed by atoms with Crippen LogP contribution in [0.5, 0.6) is 0 Å². The third-order valence-electron chi connectivity index (χ3n) is 3.50. The number of anilines is 1. The van der Waals surface area contributed by atoms with E-state index in [0.29, 0.717) is 19.0 Å². The second-order valence-corrected chi connectivity index (χ2v) is 5.55. The first-order valence-corrected chi connectivity index (χ1v) is 6.80. The molecule has 7 heteroatoms. The fourth-order valence-electron chi connectivity index (χ4n) is 2.43. The number of hydrogen-bond donors (Lipinski definition) is 1. The van der Waals surface area contributed by atoms with E-state index < -0.39 is 4.92 Å². The Labute approximate surface area is 121 Å². The van der Waals surface area contributed by atoms with Crippen LogP contribution in [-0.2, 0) is 0 Å². The molecule has 0 radical (unpaired) electrons. The Kier molecular flexibility index (Phi) is 4.13. The highest BCUT2D eigenvalue weighted by Gasteiger charge is 2.25. The number of carbonyl (C=O) groups excluding carboxylic acids is 1. The molecule has 1 fully saturated rings. The Bertz CT molecular complexity index is 562. The standard InChI is InChI=1S/C13H16ClN3O3/c1-8-3-2-4-16(7-8)13(18)9-5-10(14)12(15)11(6-9)17(19)20/h5-6,8H,2-4,7,15H2,1H3. The monoisotopic (exact) mass is 297 g/mol. The van der Waals surface area contributed by atoms with Crippen molar-refractivity contribution in [3.63, 3.8) is 0 Å². The minimum atomic E-state index is -0.628. The van der Waals surface area contributed by atoms with Crippen molar-refractivity contribution >= 4 is 28.9 Å². The fraction of sp³-hybridized carbons (Fsp3) is 0.462. The van der Waals surface area contributed by atoms with Crippen LogP contribution in [0.2, 0.25) is 5.02 Å². The van der Waals surface area contributed by atoms with Gasteiger partial charge in [0.1, 0.15) is 5.69 Å². The molecule has 1 aromatic carbocycles. The van der Waals surface area contributed by atoms with Gasteiger partial charge in [-0.05, 0) is 24.8 Å². The maximum atomic E-state index is 12.4. The van der Waals surface area contributed by atoms with Crippen molar-refractivity contribution in [1.82, 2.24) is 4.90 Å². The largest absolute Gasteiger partial charge is 0.392 e. The van der Waals surface area contributed by atoms with Gasteiger partial charge in [-0.25, -0.2) is 0 Å². The zero-order valence-corrected chi connectivity index (χ0v) is 11.9. The molecule has 0 bridgehead atoms. The number of nitrogens with zero attached hydrogens (tertiary/aromatic N) is 2. The summed E-state index contributed by atoms with van der Waals surface area (Å²) in [5, 5.41) is 11.0. The molecule has 1 amide bonds. The smallest absolute Gasteiger partial charge is 0.294 e. The molecule has 0 aromatic heterocycles. The summed E-state index contributed by atoms with van der Waals surface area (Å²) in [7, 11) is 0. The Balaban J connectivity index is 2.32. The summed E-state index contributed by atoms with van der Waals surface area (Å²) >= 11 is 5.87. The number of halogens is 1. The molecule has 108 valence electrons. The highest BCUT2D eigenvalue weighted by molar-refractivity contribution is 6.34. The molecule has 0 saturated carbocycles. The van der Waals surface area contributed by atoms with Crippen LogP contribution >= 0.6 is 11.6 Å². The Morgan fingerprint density at radius 3 is 2.85 bits per heavy atom. The van der Waals surface area contributed by atoms with Gasteiger partial charge < -0.3 is 10.6 Å². The summed E-state index contributed by atoms with van der Waals surface area (Å²) in [4.78, 5) is 24.4. The van der Waals surface area contributed by atoms with Gasteiger partial charge in [0, 0.05) is 24.7 Å². The lowest BCUT2D eigenvalue weighted by atomic mass is 9.99. The molecular weight excluding hydrogens is 282 g/mol. The predicted octanol–water partition coefficient (Wildman–Crippen LogP) is 2.70. The minimum absolute atomic E-state index is 0.0348. The summed E-state index contributed by atoms with van der Waals surface area (Å²) in [5.74, 6) is 0.202. The van der Waals surface area contributed by atoms with Crippen LogP contribution in [0, 0.1) is 16.0 Å². The van der Waals surface area contributed by atoms with Crippen molar-refractivity contribution in [2.45, 2.75) is 19.8 Å². The van der Waals surface area contributed by atoms with E-state index in [1.807, 2.05) is 0 Å². The number of benzene rings is 1. The van der Waals surface area contributed by atoms with Gasteiger partial charge in [0.15, 0.2) is 0 Å². The van der Waals surface area contributed by atoms with Crippen molar-refractivity contribution < 1.29 is 9.72 Å². The summed E-state index contributed by atoms with van der Waals surface area (Å²) in [6.45, 7) is 3.41. The third-order valence-corrected chi connectivity index (χ3v) is 3.81. The lowest BCUT2D eigenvalue weighted by molar-refractivity contribution is -0.383. The molecule has 2 rings (SSSR count). The zero-order valence-electron chi connectivity index (χ0n) is 11.1. The normalized spacial score (nSPS) is 18.9. The van der Waals surface area contributed by atoms with Gasteiger partial charge in [-0.2, -0.15) is 0 Å². The van der Waals surface area contributed by atoms with Crippen molar-refractivity contribution in [2.75, 3.05) is 18.8 Å². The van der Waals surface area contributed by atoms with Crippen LogP contribution in [-0.4, -0.2) is 28.8 Å². The average Bonchev–Trinajstić information content (AvgIpc) is 2.40. The van der Waals surface area contributed by atoms with Gasteiger partial charge in [0.25, 0.3) is 11.6 Å². The number of likely N-dealkylation sites (tertiary alicyclic amines) is 1. The van der Waals surface area contributed by atoms with E-state index in [2.05, 4.69) is 6.92 Å². The summed E-state index contributed by atoms with van der Waals surface area (Å²) in [6.07, 6.45) is 2.03. The lowest BCUT2D eigenvalue weighted by Crippen LogP contribution is -2.39. The molecule has 1 aromatic rings. The molecule has 1 aliphatic heterocycles. The molecule has 1 saturated heterocycles. The minimum Gasteiger partial charge on any atom is -0.392 e. The molecule has 0 spiro atoms. The van der Waals surface area contributed by atoms with Crippen LogP contribution in [0.25, 0.3) is 0 Å². The van der Waals surface area contributed by atoms with E-state index in [4.69, 9.17) is 17.3 Å². The van der Waals surface area contributed by atoms with Crippen LogP contribution in [0.3, 0.4) is 0 Å². The van der Waals surface area contributed by atoms with Gasteiger partial charge in [0.05, 0.1) is 9.95 Å². The molecule has 2 N–H and O–H groups in total. The average molecular weight is 298 g/mol. The van der Waals surface area contributed by atoms with Crippen molar-refractivity contribution in [3.05, 3.63) is 32.8 Å². The number of rotatable bonds is 2. The number of hydrogen-bond acceptors (Lipinski definition) is 4. The quantitative estimate of drug-likeness (QED) is 0.516. The molecule has 0 aliphatic carbocycles. The lowest BCUT2D eigenvalue weighted by Gasteiger charge is -2.31. The number of nitro benzene ring substituents is 1. The first-order chi connectivity index (χ1) is 9.40. The summed E-state index contributed by atoms with van der Waals surface area (Å²) in [5.41, 5.74) is 5.33. The topological polar surface area (TPSA) is 89.5 Å². The number of amides is 1. The Morgan fingerprint density at radius 2 is 2.25 bits per heavy atom. The van der Waals surface area contributed by atoms with Crippen molar-refractivity contribution in [1.29, 1.82) is 0 Å². The molecule has 1 unspecified atom stereocenters. The fourth-order valence-corrected chi connectivity index (χ4v) is 2.65. The van der Waals surface area contributed by atoms with E-state index >= 15 is 0 Å². The summed E-state index contributed by atoms with van der Waals surface area (Å²) < 4.78 is 0. The van der Waals surface area contributed by atoms with Crippen LogP contribution in [0.1, 0.15) is 30.1 Å². The second-order valence-electron chi connectivity index (χ2n) is 5.15. The van der Waals surface area contributed by atoms with E-state index in [1.54, 1.807) is 4.90 Å².